The Bertz CT molecular complexity index is 795. The number of nitrogens with one attached hydrogen (secondary N) is 1. The third-order valence-corrected chi connectivity index (χ3v) is 4.81. The highest BCUT2D eigenvalue weighted by atomic mass is 32.1. The van der Waals surface area contributed by atoms with Gasteiger partial charge in [-0.3, -0.25) is 9.78 Å². The number of amides is 1. The van der Waals surface area contributed by atoms with Gasteiger partial charge in [0.15, 0.2) is 5.13 Å². The molecule has 3 aromatic heterocycles. The van der Waals surface area contributed by atoms with Crippen LogP contribution in [0.4, 0.5) is 5.13 Å². The number of nitrogens with zero attached hydrogens (tertiary/aromatic N) is 3. The van der Waals surface area contributed by atoms with Gasteiger partial charge in [0.2, 0.25) is 5.91 Å². The second kappa shape index (κ2) is 6.33. The summed E-state index contributed by atoms with van der Waals surface area (Å²) in [7, 11) is 0. The molecule has 0 aliphatic carbocycles. The number of carbonyl (C=O) groups is 1. The van der Waals surface area contributed by atoms with Crippen molar-refractivity contribution in [1.29, 1.82) is 0 Å². The number of carbonyl (C=O) groups excluding carboxylic acids is 1. The molecule has 0 saturated heterocycles. The molecule has 0 aliphatic heterocycles. The maximum atomic E-state index is 12.0. The van der Waals surface area contributed by atoms with Crippen molar-refractivity contribution in [2.45, 2.75) is 20.3 Å². The topological polar surface area (TPSA) is 67.8 Å². The second-order valence-electron chi connectivity index (χ2n) is 4.73. The molecule has 0 spiro atoms. The molecule has 3 aromatic rings. The fourth-order valence-corrected chi connectivity index (χ4v) is 3.71. The Morgan fingerprint density at radius 2 is 2.14 bits per heavy atom. The quantitative estimate of drug-likeness (QED) is 0.795. The molecule has 0 saturated carbocycles. The summed E-state index contributed by atoms with van der Waals surface area (Å²) in [6.45, 7) is 3.95. The van der Waals surface area contributed by atoms with E-state index < -0.39 is 0 Å². The summed E-state index contributed by atoms with van der Waals surface area (Å²) in [5.74, 6) is -0.114. The Morgan fingerprint density at radius 3 is 2.82 bits per heavy atom. The van der Waals surface area contributed by atoms with E-state index in [0.717, 1.165) is 27.0 Å². The fourth-order valence-electron chi connectivity index (χ4n) is 2.04. The molecule has 0 aromatic carbocycles. The molecule has 1 amide bonds. The summed E-state index contributed by atoms with van der Waals surface area (Å²) in [6, 6.07) is 5.52. The van der Waals surface area contributed by atoms with Gasteiger partial charge >= 0.3 is 0 Å². The minimum Gasteiger partial charge on any atom is -0.302 e. The van der Waals surface area contributed by atoms with Gasteiger partial charge in [0, 0.05) is 17.3 Å². The van der Waals surface area contributed by atoms with Gasteiger partial charge in [-0.15, -0.1) is 22.7 Å². The standard InChI is InChI=1S/C15H14N4OS2/c1-9-14(22-10(2)17-9)12-8-21-15(18-12)19-13(20)7-11-5-3-4-6-16-11/h3-6,8H,7H2,1-2H3,(H,18,19,20). The van der Waals surface area contributed by atoms with Crippen molar-refractivity contribution in [2.24, 2.45) is 0 Å². The van der Waals surface area contributed by atoms with Gasteiger partial charge in [0.25, 0.3) is 0 Å². The van der Waals surface area contributed by atoms with Gasteiger partial charge in [0.1, 0.15) is 0 Å². The maximum Gasteiger partial charge on any atom is 0.232 e. The van der Waals surface area contributed by atoms with Crippen LogP contribution in [0.25, 0.3) is 10.6 Å². The van der Waals surface area contributed by atoms with Crippen LogP contribution in [0.2, 0.25) is 0 Å². The third kappa shape index (κ3) is 3.37. The molecule has 0 bridgehead atoms. The molecular formula is C15H14N4OS2. The molecule has 0 radical (unpaired) electrons. The van der Waals surface area contributed by atoms with Crippen molar-refractivity contribution in [2.75, 3.05) is 5.32 Å². The summed E-state index contributed by atoms with van der Waals surface area (Å²) in [5.41, 5.74) is 2.58. The molecule has 0 unspecified atom stereocenters. The van der Waals surface area contributed by atoms with Gasteiger partial charge in [0.05, 0.1) is 27.7 Å². The lowest BCUT2D eigenvalue weighted by Gasteiger charge is -2.00. The number of aromatic nitrogens is 3. The average Bonchev–Trinajstić information content (AvgIpc) is 3.06. The van der Waals surface area contributed by atoms with E-state index in [-0.39, 0.29) is 12.3 Å². The highest BCUT2D eigenvalue weighted by Gasteiger charge is 2.13. The largest absolute Gasteiger partial charge is 0.302 e. The molecule has 0 atom stereocenters. The van der Waals surface area contributed by atoms with Crippen LogP contribution in [0.1, 0.15) is 16.4 Å². The van der Waals surface area contributed by atoms with E-state index in [9.17, 15) is 4.79 Å². The van der Waals surface area contributed by atoms with Gasteiger partial charge in [-0.25, -0.2) is 9.97 Å². The normalized spacial score (nSPS) is 10.6. The molecule has 1 N–H and O–H groups in total. The lowest BCUT2D eigenvalue weighted by molar-refractivity contribution is -0.115. The van der Waals surface area contributed by atoms with E-state index in [2.05, 4.69) is 20.3 Å². The van der Waals surface area contributed by atoms with Crippen LogP contribution in [0, 0.1) is 13.8 Å². The monoisotopic (exact) mass is 330 g/mol. The van der Waals surface area contributed by atoms with E-state index in [1.807, 2.05) is 37.4 Å². The fraction of sp³-hybridized carbons (Fsp3) is 0.200. The molecule has 22 heavy (non-hydrogen) atoms. The summed E-state index contributed by atoms with van der Waals surface area (Å²) in [6.07, 6.45) is 1.92. The zero-order chi connectivity index (χ0) is 15.5. The lowest BCUT2D eigenvalue weighted by atomic mass is 10.2. The summed E-state index contributed by atoms with van der Waals surface area (Å²) >= 11 is 3.03. The molecule has 3 heterocycles. The van der Waals surface area contributed by atoms with Crippen LogP contribution >= 0.6 is 22.7 Å². The maximum absolute atomic E-state index is 12.0. The summed E-state index contributed by atoms with van der Waals surface area (Å²) < 4.78 is 0. The number of pyridine rings is 1. The molecule has 0 aliphatic rings. The first kappa shape index (κ1) is 14.8. The van der Waals surface area contributed by atoms with Crippen LogP contribution in [-0.4, -0.2) is 20.9 Å². The van der Waals surface area contributed by atoms with Crippen LogP contribution in [-0.2, 0) is 11.2 Å². The van der Waals surface area contributed by atoms with E-state index >= 15 is 0 Å². The zero-order valence-corrected chi connectivity index (χ0v) is 13.8. The van der Waals surface area contributed by atoms with E-state index in [1.165, 1.54) is 11.3 Å². The van der Waals surface area contributed by atoms with Crippen LogP contribution < -0.4 is 5.32 Å². The number of rotatable bonds is 4. The van der Waals surface area contributed by atoms with Gasteiger partial charge in [-0.05, 0) is 26.0 Å². The van der Waals surface area contributed by atoms with E-state index in [4.69, 9.17) is 0 Å². The van der Waals surface area contributed by atoms with Gasteiger partial charge in [-0.2, -0.15) is 0 Å². The zero-order valence-electron chi connectivity index (χ0n) is 12.2. The molecule has 0 fully saturated rings. The predicted molar refractivity (Wildman–Crippen MR) is 89.3 cm³/mol. The smallest absolute Gasteiger partial charge is 0.232 e. The minimum absolute atomic E-state index is 0.114. The van der Waals surface area contributed by atoms with E-state index in [1.54, 1.807) is 17.5 Å². The predicted octanol–water partition coefficient (Wildman–Crippen LogP) is 3.46. The Morgan fingerprint density at radius 1 is 1.27 bits per heavy atom. The van der Waals surface area contributed by atoms with Crippen molar-refractivity contribution in [3.63, 3.8) is 0 Å². The number of aryl methyl sites for hydroxylation is 2. The molecule has 5 nitrogen and oxygen atoms in total. The first-order valence-corrected chi connectivity index (χ1v) is 8.41. The Labute approximate surface area is 136 Å². The average molecular weight is 330 g/mol. The van der Waals surface area contributed by atoms with Crippen molar-refractivity contribution in [3.05, 3.63) is 46.2 Å². The van der Waals surface area contributed by atoms with Gasteiger partial charge in [-0.1, -0.05) is 6.07 Å². The van der Waals surface area contributed by atoms with Crippen molar-refractivity contribution in [3.8, 4) is 10.6 Å². The molecule has 3 rings (SSSR count). The number of hydrogen-bond acceptors (Lipinski definition) is 6. The van der Waals surface area contributed by atoms with Crippen molar-refractivity contribution in [1.82, 2.24) is 15.0 Å². The number of hydrogen-bond donors (Lipinski definition) is 1. The third-order valence-electron chi connectivity index (χ3n) is 2.95. The van der Waals surface area contributed by atoms with Crippen LogP contribution in [0.15, 0.2) is 29.8 Å². The highest BCUT2D eigenvalue weighted by molar-refractivity contribution is 7.16. The summed E-state index contributed by atoms with van der Waals surface area (Å²) in [5, 5.41) is 6.37. The Hall–Kier alpha value is -2.12. The molecule has 112 valence electrons. The van der Waals surface area contributed by atoms with E-state index in [0.29, 0.717) is 5.13 Å². The Balaban J connectivity index is 1.69. The van der Waals surface area contributed by atoms with Gasteiger partial charge < -0.3 is 5.32 Å². The molecule has 7 heteroatoms. The first-order valence-electron chi connectivity index (χ1n) is 6.71. The minimum atomic E-state index is -0.114. The van der Waals surface area contributed by atoms with Crippen LogP contribution in [0.5, 0.6) is 0 Å². The highest BCUT2D eigenvalue weighted by Crippen LogP contribution is 2.31. The molecular weight excluding hydrogens is 316 g/mol. The van der Waals surface area contributed by atoms with Crippen molar-refractivity contribution < 1.29 is 4.79 Å². The lowest BCUT2D eigenvalue weighted by Crippen LogP contribution is -2.14. The number of thiazole rings is 2. The SMILES string of the molecule is Cc1nc(C)c(-c2csc(NC(=O)Cc3ccccn3)n2)s1. The second-order valence-corrected chi connectivity index (χ2v) is 6.79. The summed E-state index contributed by atoms with van der Waals surface area (Å²) in [4.78, 5) is 26.1. The number of anilines is 1. The Kier molecular flexibility index (Phi) is 4.26. The van der Waals surface area contributed by atoms with Crippen LogP contribution in [0.3, 0.4) is 0 Å². The first-order chi connectivity index (χ1) is 10.6. The van der Waals surface area contributed by atoms with Crippen molar-refractivity contribution >= 4 is 33.7 Å².